The van der Waals surface area contributed by atoms with Gasteiger partial charge in [-0.05, 0) is 47.5 Å². The summed E-state index contributed by atoms with van der Waals surface area (Å²) >= 11 is 3.63. The minimum Gasteiger partial charge on any atom is -0.493 e. The average Bonchev–Trinajstić information content (AvgIpc) is 2.73. The van der Waals surface area contributed by atoms with Gasteiger partial charge in [0.15, 0.2) is 11.5 Å². The molecule has 0 aliphatic heterocycles. The topological polar surface area (TPSA) is 59.6 Å². The Labute approximate surface area is 179 Å². The van der Waals surface area contributed by atoms with Crippen LogP contribution in [0.4, 0.5) is 11.4 Å². The number of hydrogen-bond acceptors (Lipinski definition) is 4. The third-order valence-electron chi connectivity index (χ3n) is 4.26. The molecule has 29 heavy (non-hydrogen) atoms. The van der Waals surface area contributed by atoms with Gasteiger partial charge in [-0.25, -0.2) is 0 Å². The Hall–Kier alpha value is -2.99. The Balaban J connectivity index is 1.66. The molecule has 0 saturated carbocycles. The molecular weight excluding hydrogens is 432 g/mol. The van der Waals surface area contributed by atoms with Gasteiger partial charge in [-0.15, -0.1) is 0 Å². The Morgan fingerprint density at radius 2 is 1.66 bits per heavy atom. The summed E-state index contributed by atoms with van der Waals surface area (Å²) in [7, 11) is 1.64. The van der Waals surface area contributed by atoms with Crippen molar-refractivity contribution in [3.63, 3.8) is 0 Å². The first-order chi connectivity index (χ1) is 14.0. The second-order valence-corrected chi connectivity index (χ2v) is 7.34. The SMILES string of the molecule is COc1cc(CNc2ccc(NC(C)=O)cc2)c(Br)cc1OCc1ccccc1. The molecule has 0 atom stereocenters. The molecule has 3 rings (SSSR count). The molecule has 0 heterocycles. The largest absolute Gasteiger partial charge is 0.493 e. The zero-order valence-electron chi connectivity index (χ0n) is 16.4. The number of carbonyl (C=O) groups excluding carboxylic acids is 1. The van der Waals surface area contributed by atoms with Crippen LogP contribution in [0.3, 0.4) is 0 Å². The fourth-order valence-electron chi connectivity index (χ4n) is 2.79. The van der Waals surface area contributed by atoms with Crippen LogP contribution in [0, 0.1) is 0 Å². The van der Waals surface area contributed by atoms with E-state index >= 15 is 0 Å². The Morgan fingerprint density at radius 3 is 2.31 bits per heavy atom. The lowest BCUT2D eigenvalue weighted by atomic mass is 10.2. The van der Waals surface area contributed by atoms with Crippen molar-refractivity contribution >= 4 is 33.2 Å². The highest BCUT2D eigenvalue weighted by Crippen LogP contribution is 2.34. The van der Waals surface area contributed by atoms with Gasteiger partial charge in [0.25, 0.3) is 0 Å². The lowest BCUT2D eigenvalue weighted by Crippen LogP contribution is -2.06. The molecule has 3 aromatic carbocycles. The lowest BCUT2D eigenvalue weighted by Gasteiger charge is -2.15. The van der Waals surface area contributed by atoms with E-state index in [-0.39, 0.29) is 5.91 Å². The van der Waals surface area contributed by atoms with Crippen molar-refractivity contribution in [1.82, 2.24) is 0 Å². The van der Waals surface area contributed by atoms with Gasteiger partial charge in [0.1, 0.15) is 6.61 Å². The van der Waals surface area contributed by atoms with Crippen LogP contribution in [0.25, 0.3) is 0 Å². The van der Waals surface area contributed by atoms with E-state index in [1.807, 2.05) is 66.7 Å². The molecule has 0 aromatic heterocycles. The first-order valence-corrected chi connectivity index (χ1v) is 9.99. The van der Waals surface area contributed by atoms with Crippen LogP contribution in [0.5, 0.6) is 11.5 Å². The Kier molecular flexibility index (Phi) is 7.14. The molecule has 2 N–H and O–H groups in total. The summed E-state index contributed by atoms with van der Waals surface area (Å²) in [6, 6.07) is 21.5. The lowest BCUT2D eigenvalue weighted by molar-refractivity contribution is -0.114. The zero-order valence-corrected chi connectivity index (χ0v) is 18.0. The molecule has 150 valence electrons. The predicted molar refractivity (Wildman–Crippen MR) is 120 cm³/mol. The predicted octanol–water partition coefficient (Wildman–Crippen LogP) is 5.61. The number of amides is 1. The molecule has 6 heteroatoms. The third kappa shape index (κ3) is 5.99. The maximum absolute atomic E-state index is 11.1. The summed E-state index contributed by atoms with van der Waals surface area (Å²) in [4.78, 5) is 11.1. The minimum atomic E-state index is -0.0868. The normalized spacial score (nSPS) is 10.3. The summed E-state index contributed by atoms with van der Waals surface area (Å²) in [6.45, 7) is 2.57. The fraction of sp³-hybridized carbons (Fsp3) is 0.174. The number of methoxy groups -OCH3 is 1. The van der Waals surface area contributed by atoms with E-state index in [1.165, 1.54) is 6.92 Å². The molecule has 0 fully saturated rings. The summed E-state index contributed by atoms with van der Waals surface area (Å²) in [5.41, 5.74) is 3.86. The van der Waals surface area contributed by atoms with Crippen molar-refractivity contribution in [2.45, 2.75) is 20.1 Å². The molecule has 0 aliphatic carbocycles. The summed E-state index contributed by atoms with van der Waals surface area (Å²) < 4.78 is 12.4. The average molecular weight is 455 g/mol. The summed E-state index contributed by atoms with van der Waals surface area (Å²) in [5.74, 6) is 1.28. The highest BCUT2D eigenvalue weighted by molar-refractivity contribution is 9.10. The van der Waals surface area contributed by atoms with Gasteiger partial charge in [0.2, 0.25) is 5.91 Å². The molecule has 0 unspecified atom stereocenters. The van der Waals surface area contributed by atoms with Crippen LogP contribution in [0.1, 0.15) is 18.1 Å². The quantitative estimate of drug-likeness (QED) is 0.464. The molecule has 0 saturated heterocycles. The van der Waals surface area contributed by atoms with Gasteiger partial charge in [-0.3, -0.25) is 4.79 Å². The summed E-state index contributed by atoms with van der Waals surface area (Å²) in [5, 5.41) is 6.13. The molecule has 1 amide bonds. The summed E-state index contributed by atoms with van der Waals surface area (Å²) in [6.07, 6.45) is 0. The van der Waals surface area contributed by atoms with Gasteiger partial charge in [-0.1, -0.05) is 46.3 Å². The molecule has 0 spiro atoms. The smallest absolute Gasteiger partial charge is 0.221 e. The second-order valence-electron chi connectivity index (χ2n) is 6.48. The molecule has 0 aliphatic rings. The number of rotatable bonds is 8. The van der Waals surface area contributed by atoms with Crippen LogP contribution in [0.2, 0.25) is 0 Å². The van der Waals surface area contributed by atoms with Gasteiger partial charge in [-0.2, -0.15) is 0 Å². The second kappa shape index (κ2) is 9.98. The van der Waals surface area contributed by atoms with Crippen LogP contribution in [-0.4, -0.2) is 13.0 Å². The number of ether oxygens (including phenoxy) is 2. The standard InChI is InChI=1S/C23H23BrN2O3/c1-16(27)26-20-10-8-19(9-11-20)25-14-18-12-22(28-2)23(13-21(18)24)29-15-17-6-4-3-5-7-17/h3-13,25H,14-15H2,1-2H3,(H,26,27). The van der Waals surface area contributed by atoms with Gasteiger partial charge in [0.05, 0.1) is 7.11 Å². The molecular formula is C23H23BrN2O3. The zero-order chi connectivity index (χ0) is 20.6. The Bertz CT molecular complexity index is 960. The van der Waals surface area contributed by atoms with E-state index in [1.54, 1.807) is 7.11 Å². The van der Waals surface area contributed by atoms with Gasteiger partial charge >= 0.3 is 0 Å². The minimum absolute atomic E-state index is 0.0868. The monoisotopic (exact) mass is 454 g/mol. The Morgan fingerprint density at radius 1 is 0.966 bits per heavy atom. The number of anilines is 2. The maximum atomic E-state index is 11.1. The van der Waals surface area contributed by atoms with Crippen LogP contribution in [-0.2, 0) is 17.9 Å². The van der Waals surface area contributed by atoms with Gasteiger partial charge in [0, 0.05) is 29.3 Å². The number of nitrogens with one attached hydrogen (secondary N) is 2. The van der Waals surface area contributed by atoms with Crippen molar-refractivity contribution in [3.8, 4) is 11.5 Å². The highest BCUT2D eigenvalue weighted by Gasteiger charge is 2.11. The van der Waals surface area contributed by atoms with Crippen molar-refractivity contribution in [1.29, 1.82) is 0 Å². The van der Waals surface area contributed by atoms with Crippen LogP contribution >= 0.6 is 15.9 Å². The van der Waals surface area contributed by atoms with Crippen molar-refractivity contribution in [2.75, 3.05) is 17.7 Å². The fourth-order valence-corrected chi connectivity index (χ4v) is 3.25. The van der Waals surface area contributed by atoms with Crippen molar-refractivity contribution in [2.24, 2.45) is 0 Å². The third-order valence-corrected chi connectivity index (χ3v) is 5.00. The van der Waals surface area contributed by atoms with Gasteiger partial charge < -0.3 is 20.1 Å². The van der Waals surface area contributed by atoms with E-state index in [0.717, 1.165) is 27.0 Å². The van der Waals surface area contributed by atoms with Crippen molar-refractivity contribution < 1.29 is 14.3 Å². The first kappa shape index (κ1) is 20.7. The number of carbonyl (C=O) groups is 1. The van der Waals surface area contributed by atoms with E-state index in [9.17, 15) is 4.79 Å². The van der Waals surface area contributed by atoms with Crippen molar-refractivity contribution in [3.05, 3.63) is 82.3 Å². The van der Waals surface area contributed by atoms with E-state index < -0.39 is 0 Å². The van der Waals surface area contributed by atoms with E-state index in [0.29, 0.717) is 24.7 Å². The number of hydrogen-bond donors (Lipinski definition) is 2. The van der Waals surface area contributed by atoms with Crippen LogP contribution in [0.15, 0.2) is 71.2 Å². The number of halogens is 1. The molecule has 5 nitrogen and oxygen atoms in total. The van der Waals surface area contributed by atoms with Crippen LogP contribution < -0.4 is 20.1 Å². The molecule has 0 radical (unpaired) electrons. The highest BCUT2D eigenvalue weighted by atomic mass is 79.9. The molecule has 0 bridgehead atoms. The first-order valence-electron chi connectivity index (χ1n) is 9.20. The maximum Gasteiger partial charge on any atom is 0.221 e. The van der Waals surface area contributed by atoms with E-state index in [2.05, 4.69) is 26.6 Å². The molecule has 3 aromatic rings. The number of benzene rings is 3. The van der Waals surface area contributed by atoms with E-state index in [4.69, 9.17) is 9.47 Å².